The average molecular weight is 220 g/mol. The zero-order valence-electron chi connectivity index (χ0n) is 6.23. The fourth-order valence-electron chi connectivity index (χ4n) is 0.674. The Labute approximate surface area is 72.9 Å². The summed E-state index contributed by atoms with van der Waals surface area (Å²) in [6.07, 6.45) is -5.04. The Morgan fingerprint density at radius 2 is 1.93 bits per heavy atom. The molecule has 0 aromatic carbocycles. The maximum atomic E-state index is 12.5. The molecule has 0 unspecified atom stereocenters. The number of aromatic nitrogens is 2. The van der Waals surface area contributed by atoms with Gasteiger partial charge < -0.3 is 4.74 Å². The molecule has 0 amide bonds. The first-order valence-corrected chi connectivity index (χ1v) is 3.08. The van der Waals surface area contributed by atoms with E-state index in [-0.39, 0.29) is 6.20 Å². The fraction of sp³-hybridized carbons (Fsp3) is 0.400. The van der Waals surface area contributed by atoms with Gasteiger partial charge in [-0.05, 0) is 0 Å². The van der Waals surface area contributed by atoms with Crippen LogP contribution in [0.3, 0.4) is 0 Å². The van der Waals surface area contributed by atoms with Gasteiger partial charge in [0.15, 0.2) is 0 Å². The van der Waals surface area contributed by atoms with Crippen molar-refractivity contribution in [2.75, 3.05) is 0 Å². The molecule has 0 saturated heterocycles. The van der Waals surface area contributed by atoms with Gasteiger partial charge in [-0.3, -0.25) is 0 Å². The van der Waals surface area contributed by atoms with E-state index in [0.717, 1.165) is 0 Å². The van der Waals surface area contributed by atoms with Crippen LogP contribution in [0.5, 0.6) is 5.88 Å². The van der Waals surface area contributed by atoms with Crippen LogP contribution < -0.4 is 4.74 Å². The SMILES string of the molecule is Fc1cnn(C(F)F)c1OC(F)(F)F. The molecule has 14 heavy (non-hydrogen) atoms. The van der Waals surface area contributed by atoms with Crippen molar-refractivity contribution in [1.29, 1.82) is 0 Å². The van der Waals surface area contributed by atoms with Gasteiger partial charge in [0.25, 0.3) is 5.88 Å². The Balaban J connectivity index is 3.00. The molecule has 1 aromatic heterocycles. The van der Waals surface area contributed by atoms with Gasteiger partial charge in [0.1, 0.15) is 0 Å². The minimum absolute atomic E-state index is 0.202. The van der Waals surface area contributed by atoms with Crippen molar-refractivity contribution in [3.63, 3.8) is 0 Å². The summed E-state index contributed by atoms with van der Waals surface area (Å²) in [4.78, 5) is 0. The normalized spacial score (nSPS) is 12.2. The number of hydrogen-bond donors (Lipinski definition) is 0. The van der Waals surface area contributed by atoms with Gasteiger partial charge >= 0.3 is 12.9 Å². The van der Waals surface area contributed by atoms with Crippen LogP contribution in [0, 0.1) is 5.82 Å². The largest absolute Gasteiger partial charge is 0.574 e. The quantitative estimate of drug-likeness (QED) is 0.715. The maximum Gasteiger partial charge on any atom is 0.574 e. The molecule has 0 spiro atoms. The Hall–Kier alpha value is -1.41. The lowest BCUT2D eigenvalue weighted by atomic mass is 10.6. The fourth-order valence-corrected chi connectivity index (χ4v) is 0.674. The third-order valence-corrected chi connectivity index (χ3v) is 1.11. The zero-order valence-corrected chi connectivity index (χ0v) is 6.23. The minimum atomic E-state index is -5.24. The lowest BCUT2D eigenvalue weighted by molar-refractivity contribution is -0.279. The molecule has 0 N–H and O–H groups in total. The van der Waals surface area contributed by atoms with E-state index in [1.165, 1.54) is 0 Å². The van der Waals surface area contributed by atoms with E-state index < -0.39 is 29.3 Å². The molecule has 0 saturated carbocycles. The van der Waals surface area contributed by atoms with Crippen LogP contribution in [0.4, 0.5) is 26.3 Å². The van der Waals surface area contributed by atoms with Crippen molar-refractivity contribution in [3.05, 3.63) is 12.0 Å². The lowest BCUT2D eigenvalue weighted by Crippen LogP contribution is -2.20. The van der Waals surface area contributed by atoms with Gasteiger partial charge in [-0.25, -0.2) is 0 Å². The monoisotopic (exact) mass is 220 g/mol. The Bertz CT molecular complexity index is 319. The summed E-state index contributed by atoms with van der Waals surface area (Å²) in [6, 6.07) is 0. The minimum Gasteiger partial charge on any atom is -0.385 e. The van der Waals surface area contributed by atoms with Crippen molar-refractivity contribution in [3.8, 4) is 5.88 Å². The van der Waals surface area contributed by atoms with Crippen molar-refractivity contribution in [2.45, 2.75) is 12.9 Å². The number of alkyl halides is 5. The highest BCUT2D eigenvalue weighted by atomic mass is 19.4. The summed E-state index contributed by atoms with van der Waals surface area (Å²) in [5, 5.41) is 2.67. The van der Waals surface area contributed by atoms with Gasteiger partial charge in [-0.2, -0.15) is 23.0 Å². The zero-order chi connectivity index (χ0) is 10.9. The summed E-state index contributed by atoms with van der Waals surface area (Å²) >= 11 is 0. The third-order valence-electron chi connectivity index (χ3n) is 1.11. The van der Waals surface area contributed by atoms with Crippen LogP contribution in [-0.4, -0.2) is 16.1 Å². The molecule has 1 rings (SSSR count). The topological polar surface area (TPSA) is 27.1 Å². The average Bonchev–Trinajstić information content (AvgIpc) is 2.29. The third kappa shape index (κ3) is 2.30. The second-order valence-electron chi connectivity index (χ2n) is 2.07. The van der Waals surface area contributed by atoms with E-state index in [2.05, 4.69) is 9.84 Å². The summed E-state index contributed by atoms with van der Waals surface area (Å²) in [7, 11) is 0. The van der Waals surface area contributed by atoms with E-state index in [0.29, 0.717) is 0 Å². The predicted molar refractivity (Wildman–Crippen MR) is 30.1 cm³/mol. The smallest absolute Gasteiger partial charge is 0.385 e. The van der Waals surface area contributed by atoms with E-state index in [1.807, 2.05) is 0 Å². The van der Waals surface area contributed by atoms with Crippen LogP contribution >= 0.6 is 0 Å². The van der Waals surface area contributed by atoms with Gasteiger partial charge in [-0.15, -0.1) is 13.2 Å². The second kappa shape index (κ2) is 3.39. The molecule has 1 aromatic rings. The van der Waals surface area contributed by atoms with Crippen LogP contribution in [0.2, 0.25) is 0 Å². The molecule has 0 radical (unpaired) electrons. The molecule has 1 heterocycles. The van der Waals surface area contributed by atoms with Crippen molar-refractivity contribution in [2.24, 2.45) is 0 Å². The molecule has 80 valence electrons. The van der Waals surface area contributed by atoms with Crippen LogP contribution in [0.15, 0.2) is 6.20 Å². The van der Waals surface area contributed by atoms with E-state index >= 15 is 0 Å². The van der Waals surface area contributed by atoms with Crippen molar-refractivity contribution < 1.29 is 31.1 Å². The summed E-state index contributed by atoms with van der Waals surface area (Å²) in [5.41, 5.74) is 0. The summed E-state index contributed by atoms with van der Waals surface area (Å²) < 4.78 is 73.5. The number of nitrogens with zero attached hydrogens (tertiary/aromatic N) is 2. The van der Waals surface area contributed by atoms with Crippen LogP contribution in [0.1, 0.15) is 6.55 Å². The van der Waals surface area contributed by atoms with Crippen LogP contribution in [-0.2, 0) is 0 Å². The number of ether oxygens (including phenoxy) is 1. The predicted octanol–water partition coefficient (Wildman–Crippen LogP) is 2.32. The van der Waals surface area contributed by atoms with Gasteiger partial charge in [0.2, 0.25) is 5.82 Å². The molecule has 3 nitrogen and oxygen atoms in total. The first-order valence-electron chi connectivity index (χ1n) is 3.08. The Morgan fingerprint density at radius 1 is 1.36 bits per heavy atom. The summed E-state index contributed by atoms with van der Waals surface area (Å²) in [5.74, 6) is -3.27. The highest BCUT2D eigenvalue weighted by Gasteiger charge is 2.35. The molecular weight excluding hydrogens is 218 g/mol. The molecule has 0 aliphatic carbocycles. The Morgan fingerprint density at radius 3 is 2.36 bits per heavy atom. The van der Waals surface area contributed by atoms with Crippen molar-refractivity contribution in [1.82, 2.24) is 9.78 Å². The van der Waals surface area contributed by atoms with Crippen molar-refractivity contribution >= 4 is 0 Å². The molecule has 0 fully saturated rings. The molecule has 9 heteroatoms. The molecule has 0 aliphatic rings. The number of halogens is 6. The lowest BCUT2D eigenvalue weighted by Gasteiger charge is -2.09. The highest BCUT2D eigenvalue weighted by Crippen LogP contribution is 2.28. The standard InChI is InChI=1S/C5H2F6N2O/c6-2-1-12-13(4(7)8)3(2)14-5(9,10)11/h1,4H. The highest BCUT2D eigenvalue weighted by molar-refractivity contribution is 5.11. The summed E-state index contributed by atoms with van der Waals surface area (Å²) in [6.45, 7) is -3.41. The molecule has 0 bridgehead atoms. The second-order valence-corrected chi connectivity index (χ2v) is 2.07. The molecule has 0 aliphatic heterocycles. The van der Waals surface area contributed by atoms with E-state index in [1.54, 1.807) is 0 Å². The van der Waals surface area contributed by atoms with Crippen LogP contribution in [0.25, 0.3) is 0 Å². The molecule has 0 atom stereocenters. The molecular formula is C5H2F6N2O. The number of rotatable bonds is 2. The Kier molecular flexibility index (Phi) is 2.58. The first kappa shape index (κ1) is 10.7. The maximum absolute atomic E-state index is 12.5. The number of hydrogen-bond acceptors (Lipinski definition) is 2. The van der Waals surface area contributed by atoms with E-state index in [9.17, 15) is 26.3 Å². The van der Waals surface area contributed by atoms with Gasteiger partial charge in [0, 0.05) is 0 Å². The van der Waals surface area contributed by atoms with E-state index in [4.69, 9.17) is 0 Å². The van der Waals surface area contributed by atoms with Gasteiger partial charge in [-0.1, -0.05) is 0 Å². The first-order chi connectivity index (χ1) is 6.31. The van der Waals surface area contributed by atoms with Gasteiger partial charge in [0.05, 0.1) is 6.20 Å².